The van der Waals surface area contributed by atoms with Gasteiger partial charge in [-0.1, -0.05) is 0 Å². The highest BCUT2D eigenvalue weighted by molar-refractivity contribution is 7.17. The zero-order chi connectivity index (χ0) is 12.8. The molecule has 0 aliphatic heterocycles. The Morgan fingerprint density at radius 1 is 1.22 bits per heavy atom. The molecule has 0 bridgehead atoms. The first-order valence-electron chi connectivity index (χ1n) is 6.09. The van der Waals surface area contributed by atoms with E-state index in [1.54, 1.807) is 11.3 Å². The summed E-state index contributed by atoms with van der Waals surface area (Å²) in [6.07, 6.45) is 2.62. The Bertz CT molecular complexity index is 487. The highest BCUT2D eigenvalue weighted by atomic mass is 32.1. The van der Waals surface area contributed by atoms with E-state index in [9.17, 15) is 0 Å². The van der Waals surface area contributed by atoms with Gasteiger partial charge in [-0.05, 0) is 29.5 Å². The summed E-state index contributed by atoms with van der Waals surface area (Å²) in [5.74, 6) is 0. The molecule has 2 heterocycles. The van der Waals surface area contributed by atoms with Crippen molar-refractivity contribution in [3.05, 3.63) is 29.3 Å². The number of pyridine rings is 1. The molecule has 18 heavy (non-hydrogen) atoms. The molecule has 0 atom stereocenters. The van der Waals surface area contributed by atoms with Crippen LogP contribution in [0.1, 0.15) is 12.0 Å². The van der Waals surface area contributed by atoms with Crippen molar-refractivity contribution < 1.29 is 10.2 Å². The largest absolute Gasteiger partial charge is 0.396 e. The number of nitrogens with zero attached hydrogens (tertiary/aromatic N) is 2. The molecular weight excluding hydrogens is 248 g/mol. The fourth-order valence-corrected chi connectivity index (χ4v) is 2.74. The van der Waals surface area contributed by atoms with Crippen LogP contribution >= 0.6 is 11.3 Å². The van der Waals surface area contributed by atoms with Crippen molar-refractivity contribution in [2.24, 2.45) is 0 Å². The van der Waals surface area contributed by atoms with E-state index in [-0.39, 0.29) is 13.2 Å². The molecule has 0 aromatic carbocycles. The number of thiophene rings is 1. The molecule has 0 aliphatic rings. The van der Waals surface area contributed by atoms with Gasteiger partial charge in [0.25, 0.3) is 0 Å². The summed E-state index contributed by atoms with van der Waals surface area (Å²) in [7, 11) is 0. The zero-order valence-electron chi connectivity index (χ0n) is 10.2. The molecule has 2 N–H and O–H groups in total. The lowest BCUT2D eigenvalue weighted by Crippen LogP contribution is -2.28. The van der Waals surface area contributed by atoms with Crippen LogP contribution in [0.5, 0.6) is 0 Å². The summed E-state index contributed by atoms with van der Waals surface area (Å²) in [6.45, 7) is 2.51. The minimum absolute atomic E-state index is 0.139. The van der Waals surface area contributed by atoms with Crippen LogP contribution < -0.4 is 0 Å². The third-order valence-corrected chi connectivity index (χ3v) is 3.67. The van der Waals surface area contributed by atoms with Crippen molar-refractivity contribution in [3.8, 4) is 0 Å². The molecule has 0 saturated carbocycles. The molecule has 0 saturated heterocycles. The predicted molar refractivity (Wildman–Crippen MR) is 73.7 cm³/mol. The van der Waals surface area contributed by atoms with Crippen molar-refractivity contribution in [1.82, 2.24) is 9.88 Å². The zero-order valence-corrected chi connectivity index (χ0v) is 11.1. The van der Waals surface area contributed by atoms with E-state index < -0.39 is 0 Å². The average molecular weight is 266 g/mol. The monoisotopic (exact) mass is 266 g/mol. The Morgan fingerprint density at radius 2 is 2.11 bits per heavy atom. The summed E-state index contributed by atoms with van der Waals surface area (Å²) in [5, 5.41) is 19.9. The van der Waals surface area contributed by atoms with Crippen LogP contribution in [0.4, 0.5) is 0 Å². The fraction of sp³-hybridized carbons (Fsp3) is 0.462. The van der Waals surface area contributed by atoms with Gasteiger partial charge in [0.2, 0.25) is 0 Å². The maximum absolute atomic E-state index is 9.03. The standard InChI is InChI=1S/C13H18N2O2S/c16-5-1-3-15(4-6-17)10-11-8-13-12(14-9-11)2-7-18-13/h2,7-9,16-17H,1,3-6,10H2. The lowest BCUT2D eigenvalue weighted by Gasteiger charge is -2.20. The third-order valence-electron chi connectivity index (χ3n) is 2.81. The van der Waals surface area contributed by atoms with Crippen molar-refractivity contribution >= 4 is 21.6 Å². The van der Waals surface area contributed by atoms with E-state index in [0.717, 1.165) is 30.6 Å². The molecule has 2 rings (SSSR count). The predicted octanol–water partition coefficient (Wildman–Crippen LogP) is 1.47. The second kappa shape index (κ2) is 6.80. The van der Waals surface area contributed by atoms with Gasteiger partial charge in [0.15, 0.2) is 0 Å². The Balaban J connectivity index is 2.04. The fourth-order valence-electron chi connectivity index (χ4n) is 1.94. The van der Waals surface area contributed by atoms with Crippen LogP contribution in [-0.4, -0.2) is 46.4 Å². The second-order valence-corrected chi connectivity index (χ2v) is 5.17. The van der Waals surface area contributed by atoms with Crippen LogP contribution in [0.3, 0.4) is 0 Å². The van der Waals surface area contributed by atoms with E-state index >= 15 is 0 Å². The van der Waals surface area contributed by atoms with Crippen LogP contribution in [0.15, 0.2) is 23.7 Å². The van der Waals surface area contributed by atoms with Crippen molar-refractivity contribution in [2.75, 3.05) is 26.3 Å². The lowest BCUT2D eigenvalue weighted by molar-refractivity contribution is 0.174. The van der Waals surface area contributed by atoms with E-state index in [2.05, 4.69) is 16.0 Å². The third kappa shape index (κ3) is 3.49. The number of fused-ring (bicyclic) bond motifs is 1. The molecule has 0 unspecified atom stereocenters. The van der Waals surface area contributed by atoms with Gasteiger partial charge in [-0.25, -0.2) is 0 Å². The molecule has 2 aromatic rings. The molecule has 0 fully saturated rings. The number of hydrogen-bond donors (Lipinski definition) is 2. The van der Waals surface area contributed by atoms with Gasteiger partial charge in [0.05, 0.1) is 16.8 Å². The van der Waals surface area contributed by atoms with Gasteiger partial charge in [-0.15, -0.1) is 11.3 Å². The maximum Gasteiger partial charge on any atom is 0.0809 e. The number of aliphatic hydroxyl groups excluding tert-OH is 2. The average Bonchev–Trinajstić information content (AvgIpc) is 2.83. The normalized spacial score (nSPS) is 11.5. The van der Waals surface area contributed by atoms with Crippen molar-refractivity contribution in [3.63, 3.8) is 0 Å². The second-order valence-electron chi connectivity index (χ2n) is 4.22. The molecule has 0 aliphatic carbocycles. The van der Waals surface area contributed by atoms with Gasteiger partial charge < -0.3 is 10.2 Å². The molecule has 98 valence electrons. The highest BCUT2D eigenvalue weighted by Crippen LogP contribution is 2.20. The van der Waals surface area contributed by atoms with E-state index in [1.165, 1.54) is 4.70 Å². The smallest absolute Gasteiger partial charge is 0.0809 e. The van der Waals surface area contributed by atoms with Crippen LogP contribution in [0.2, 0.25) is 0 Å². The van der Waals surface area contributed by atoms with Crippen LogP contribution in [0, 0.1) is 0 Å². The maximum atomic E-state index is 9.03. The summed E-state index contributed by atoms with van der Waals surface area (Å²) < 4.78 is 1.19. The van der Waals surface area contributed by atoms with Gasteiger partial charge >= 0.3 is 0 Å². The first-order chi connectivity index (χ1) is 8.83. The van der Waals surface area contributed by atoms with Crippen LogP contribution in [-0.2, 0) is 6.54 Å². The SMILES string of the molecule is OCCCN(CCO)Cc1cnc2ccsc2c1. The lowest BCUT2D eigenvalue weighted by atomic mass is 10.2. The van der Waals surface area contributed by atoms with Gasteiger partial charge in [-0.3, -0.25) is 9.88 Å². The van der Waals surface area contributed by atoms with Crippen molar-refractivity contribution in [2.45, 2.75) is 13.0 Å². The summed E-state index contributed by atoms with van der Waals surface area (Å²) >= 11 is 1.69. The Labute approximate surface area is 111 Å². The van der Waals surface area contributed by atoms with Gasteiger partial charge in [0.1, 0.15) is 0 Å². The first kappa shape index (κ1) is 13.4. The van der Waals surface area contributed by atoms with Gasteiger partial charge in [0, 0.05) is 32.4 Å². The highest BCUT2D eigenvalue weighted by Gasteiger charge is 2.06. The minimum atomic E-state index is 0.139. The number of aromatic nitrogens is 1. The first-order valence-corrected chi connectivity index (χ1v) is 6.97. The molecular formula is C13H18N2O2S. The quantitative estimate of drug-likeness (QED) is 0.797. The number of rotatable bonds is 7. The molecule has 2 aromatic heterocycles. The van der Waals surface area contributed by atoms with E-state index in [1.807, 2.05) is 17.6 Å². The number of aliphatic hydroxyl groups is 2. The summed E-state index contributed by atoms with van der Waals surface area (Å²) in [5.41, 5.74) is 2.18. The molecule has 0 spiro atoms. The Kier molecular flexibility index (Phi) is 5.07. The summed E-state index contributed by atoms with van der Waals surface area (Å²) in [4.78, 5) is 6.54. The van der Waals surface area contributed by atoms with Crippen molar-refractivity contribution in [1.29, 1.82) is 0 Å². The Morgan fingerprint density at radius 3 is 2.89 bits per heavy atom. The van der Waals surface area contributed by atoms with Crippen LogP contribution in [0.25, 0.3) is 10.2 Å². The van der Waals surface area contributed by atoms with E-state index in [4.69, 9.17) is 10.2 Å². The Hall–Kier alpha value is -1.01. The summed E-state index contributed by atoms with van der Waals surface area (Å²) in [6, 6.07) is 4.16. The molecule has 0 amide bonds. The molecule has 4 nitrogen and oxygen atoms in total. The minimum Gasteiger partial charge on any atom is -0.396 e. The van der Waals surface area contributed by atoms with Gasteiger partial charge in [-0.2, -0.15) is 0 Å². The molecule has 0 radical (unpaired) electrons. The van der Waals surface area contributed by atoms with E-state index in [0.29, 0.717) is 6.54 Å². The topological polar surface area (TPSA) is 56.6 Å². The molecule has 5 heteroatoms. The number of hydrogen-bond acceptors (Lipinski definition) is 5.